The summed E-state index contributed by atoms with van der Waals surface area (Å²) < 4.78 is 16.5. The third-order valence-electron chi connectivity index (χ3n) is 4.80. The van der Waals surface area contributed by atoms with Crippen molar-refractivity contribution in [3.8, 4) is 23.0 Å². The zero-order valence-electron chi connectivity index (χ0n) is 16.0. The van der Waals surface area contributed by atoms with Gasteiger partial charge in [-0.2, -0.15) is 0 Å². The number of methoxy groups -OCH3 is 3. The molecule has 1 aromatic carbocycles. The Hall–Kier alpha value is -2.96. The number of hydrogen-bond donors (Lipinski definition) is 1. The first kappa shape index (κ1) is 18.8. The summed E-state index contributed by atoms with van der Waals surface area (Å²) >= 11 is 0. The second kappa shape index (κ2) is 7.73. The molecule has 1 aliphatic heterocycles. The molecule has 144 valence electrons. The van der Waals surface area contributed by atoms with E-state index in [-0.39, 0.29) is 17.4 Å². The average molecular weight is 372 g/mol. The van der Waals surface area contributed by atoms with Gasteiger partial charge in [0.25, 0.3) is 5.91 Å². The lowest BCUT2D eigenvalue weighted by Crippen LogP contribution is -2.33. The Morgan fingerprint density at radius 1 is 1.07 bits per heavy atom. The molecule has 1 N–H and O–H groups in total. The quantitative estimate of drug-likeness (QED) is 0.887. The van der Waals surface area contributed by atoms with Gasteiger partial charge >= 0.3 is 0 Å². The van der Waals surface area contributed by atoms with Crippen molar-refractivity contribution in [2.45, 2.75) is 19.8 Å². The highest BCUT2D eigenvalue weighted by atomic mass is 16.5. The van der Waals surface area contributed by atoms with Crippen molar-refractivity contribution in [2.75, 3.05) is 34.4 Å². The third kappa shape index (κ3) is 3.49. The van der Waals surface area contributed by atoms with Crippen LogP contribution < -0.4 is 14.2 Å². The number of ether oxygens (including phenoxy) is 3. The first-order valence-corrected chi connectivity index (χ1v) is 8.75. The zero-order chi connectivity index (χ0) is 19.6. The number of carbonyl (C=O) groups excluding carboxylic acids is 1. The fourth-order valence-corrected chi connectivity index (χ4v) is 3.45. The normalized spacial score (nSPS) is 13.6. The van der Waals surface area contributed by atoms with Crippen molar-refractivity contribution in [3.63, 3.8) is 0 Å². The van der Waals surface area contributed by atoms with Gasteiger partial charge in [0.05, 0.1) is 21.3 Å². The largest absolute Gasteiger partial charge is 0.505 e. The number of nitrogens with zero attached hydrogens (tertiary/aromatic N) is 2. The summed E-state index contributed by atoms with van der Waals surface area (Å²) in [4.78, 5) is 18.7. The summed E-state index contributed by atoms with van der Waals surface area (Å²) in [5, 5.41) is 10.1. The molecule has 27 heavy (non-hydrogen) atoms. The van der Waals surface area contributed by atoms with E-state index >= 15 is 0 Å². The molecule has 0 radical (unpaired) electrons. The van der Waals surface area contributed by atoms with Gasteiger partial charge in [-0.25, -0.2) is 4.98 Å². The summed E-state index contributed by atoms with van der Waals surface area (Å²) in [6.07, 6.45) is 2.83. The monoisotopic (exact) mass is 372 g/mol. The summed E-state index contributed by atoms with van der Waals surface area (Å²) in [5.74, 6) is 1.42. The van der Waals surface area contributed by atoms with Crippen LogP contribution in [-0.2, 0) is 12.8 Å². The van der Waals surface area contributed by atoms with Crippen LogP contribution in [-0.4, -0.2) is 55.3 Å². The first-order valence-electron chi connectivity index (χ1n) is 8.75. The van der Waals surface area contributed by atoms with E-state index in [1.165, 1.54) is 0 Å². The third-order valence-corrected chi connectivity index (χ3v) is 4.80. The molecule has 0 saturated heterocycles. The molecule has 3 rings (SSSR count). The standard InChI is InChI=1S/C20H24N2O5/c1-12-9-15(23)17(21-11-12)20(24)22-7-5-13-10-16(25-2)19(27-4)18(26-3)14(13)6-8-22/h9-11,23H,5-8H2,1-4H3. The first-order chi connectivity index (χ1) is 13.0. The minimum absolute atomic E-state index is 0.0775. The van der Waals surface area contributed by atoms with Gasteiger partial charge in [-0.15, -0.1) is 0 Å². The lowest BCUT2D eigenvalue weighted by Gasteiger charge is -2.20. The number of aryl methyl sites for hydroxylation is 1. The number of rotatable bonds is 4. The van der Waals surface area contributed by atoms with Crippen LogP contribution in [0.15, 0.2) is 18.3 Å². The molecule has 0 fully saturated rings. The topological polar surface area (TPSA) is 81.1 Å². The summed E-state index contributed by atoms with van der Waals surface area (Å²) in [5.41, 5.74) is 2.94. The number of pyridine rings is 1. The Morgan fingerprint density at radius 3 is 2.41 bits per heavy atom. The molecule has 0 unspecified atom stereocenters. The lowest BCUT2D eigenvalue weighted by molar-refractivity contribution is 0.0753. The molecule has 0 saturated carbocycles. The number of aromatic hydroxyl groups is 1. The number of aromatic nitrogens is 1. The average Bonchev–Trinajstić information content (AvgIpc) is 2.88. The molecule has 0 atom stereocenters. The maximum absolute atomic E-state index is 12.9. The van der Waals surface area contributed by atoms with E-state index in [2.05, 4.69) is 4.98 Å². The predicted octanol–water partition coefficient (Wildman–Crippen LogP) is 2.36. The predicted molar refractivity (Wildman–Crippen MR) is 100 cm³/mol. The summed E-state index contributed by atoms with van der Waals surface area (Å²) in [6, 6.07) is 3.48. The van der Waals surface area contributed by atoms with E-state index in [9.17, 15) is 9.90 Å². The molecule has 2 aromatic rings. The highest BCUT2D eigenvalue weighted by Gasteiger charge is 2.27. The van der Waals surface area contributed by atoms with Gasteiger partial charge < -0.3 is 24.2 Å². The molecule has 7 heteroatoms. The minimum Gasteiger partial charge on any atom is -0.505 e. The SMILES string of the molecule is COc1cc2c(c(OC)c1OC)CCN(C(=O)c1ncc(C)cc1O)CC2. The van der Waals surface area contributed by atoms with Crippen molar-refractivity contribution >= 4 is 5.91 Å². The maximum atomic E-state index is 12.9. The van der Waals surface area contributed by atoms with Gasteiger partial charge in [0.2, 0.25) is 5.75 Å². The van der Waals surface area contributed by atoms with Crippen LogP contribution in [0, 0.1) is 6.92 Å². The number of hydrogen-bond acceptors (Lipinski definition) is 6. The van der Waals surface area contributed by atoms with Gasteiger partial charge in [0, 0.05) is 24.8 Å². The molecule has 1 aromatic heterocycles. The van der Waals surface area contributed by atoms with Crippen LogP contribution in [0.1, 0.15) is 27.2 Å². The molecule has 0 bridgehead atoms. The van der Waals surface area contributed by atoms with Gasteiger partial charge in [-0.05, 0) is 43.0 Å². The molecule has 7 nitrogen and oxygen atoms in total. The smallest absolute Gasteiger partial charge is 0.276 e. The van der Waals surface area contributed by atoms with Gasteiger partial charge in [-0.3, -0.25) is 4.79 Å². The van der Waals surface area contributed by atoms with Crippen molar-refractivity contribution < 1.29 is 24.1 Å². The second-order valence-electron chi connectivity index (χ2n) is 6.46. The van der Waals surface area contributed by atoms with E-state index in [1.807, 2.05) is 13.0 Å². The highest BCUT2D eigenvalue weighted by Crippen LogP contribution is 2.43. The van der Waals surface area contributed by atoms with Crippen LogP contribution in [0.4, 0.5) is 0 Å². The van der Waals surface area contributed by atoms with Crippen LogP contribution in [0.25, 0.3) is 0 Å². The van der Waals surface area contributed by atoms with Gasteiger partial charge in [0.1, 0.15) is 5.75 Å². The van der Waals surface area contributed by atoms with Crippen molar-refractivity contribution in [3.05, 3.63) is 40.7 Å². The minimum atomic E-state index is -0.279. The van der Waals surface area contributed by atoms with Crippen molar-refractivity contribution in [2.24, 2.45) is 0 Å². The van der Waals surface area contributed by atoms with E-state index < -0.39 is 0 Å². The molecule has 0 spiro atoms. The molecule has 1 amide bonds. The zero-order valence-corrected chi connectivity index (χ0v) is 16.0. The molecule has 1 aliphatic rings. The van der Waals surface area contributed by atoms with Gasteiger partial charge in [0.15, 0.2) is 17.2 Å². The Labute approximate surface area is 158 Å². The number of fused-ring (bicyclic) bond motifs is 1. The van der Waals surface area contributed by atoms with Crippen LogP contribution in [0.2, 0.25) is 0 Å². The van der Waals surface area contributed by atoms with Crippen molar-refractivity contribution in [1.82, 2.24) is 9.88 Å². The van der Waals surface area contributed by atoms with Crippen LogP contribution >= 0.6 is 0 Å². The maximum Gasteiger partial charge on any atom is 0.276 e. The molecule has 2 heterocycles. The second-order valence-corrected chi connectivity index (χ2v) is 6.46. The summed E-state index contributed by atoms with van der Waals surface area (Å²) in [6.45, 7) is 2.82. The fraction of sp³-hybridized carbons (Fsp3) is 0.400. The van der Waals surface area contributed by atoms with Crippen LogP contribution in [0.5, 0.6) is 23.0 Å². The molecular weight excluding hydrogens is 348 g/mol. The summed E-state index contributed by atoms with van der Waals surface area (Å²) in [7, 11) is 4.76. The van der Waals surface area contributed by atoms with E-state index in [1.54, 1.807) is 38.5 Å². The van der Waals surface area contributed by atoms with Crippen molar-refractivity contribution in [1.29, 1.82) is 0 Å². The fourth-order valence-electron chi connectivity index (χ4n) is 3.45. The molecular formula is C20H24N2O5. The van der Waals surface area contributed by atoms with Crippen LogP contribution in [0.3, 0.4) is 0 Å². The number of benzene rings is 1. The van der Waals surface area contributed by atoms with E-state index in [0.717, 1.165) is 16.7 Å². The highest BCUT2D eigenvalue weighted by molar-refractivity contribution is 5.95. The lowest BCUT2D eigenvalue weighted by atomic mass is 10.0. The Balaban J connectivity index is 1.91. The Bertz CT molecular complexity index is 866. The Kier molecular flexibility index (Phi) is 5.39. The number of amides is 1. The van der Waals surface area contributed by atoms with E-state index in [4.69, 9.17) is 14.2 Å². The number of carbonyl (C=O) groups is 1. The van der Waals surface area contributed by atoms with E-state index in [0.29, 0.717) is 43.2 Å². The van der Waals surface area contributed by atoms with Gasteiger partial charge in [-0.1, -0.05) is 0 Å². The molecule has 0 aliphatic carbocycles. The Morgan fingerprint density at radius 2 is 1.78 bits per heavy atom.